The van der Waals surface area contributed by atoms with Gasteiger partial charge in [-0.1, -0.05) is 11.8 Å². The zero-order valence-electron chi connectivity index (χ0n) is 10.3. The number of aromatic nitrogens is 3. The Bertz CT molecular complexity index is 705. The Morgan fingerprint density at radius 3 is 2.80 bits per heavy atom. The molecule has 0 saturated heterocycles. The maximum absolute atomic E-state index is 11.8. The van der Waals surface area contributed by atoms with Crippen LogP contribution >= 0.6 is 0 Å². The third kappa shape index (κ3) is 3.51. The predicted octanol–water partition coefficient (Wildman–Crippen LogP) is -0.239. The van der Waals surface area contributed by atoms with E-state index < -0.39 is 5.91 Å². The van der Waals surface area contributed by atoms with Gasteiger partial charge in [0.2, 0.25) is 0 Å². The summed E-state index contributed by atoms with van der Waals surface area (Å²) in [4.78, 5) is 26.6. The number of carbonyl (C=O) groups is 1. The predicted molar refractivity (Wildman–Crippen MR) is 71.0 cm³/mol. The fourth-order valence-corrected chi connectivity index (χ4v) is 1.34. The molecule has 0 aliphatic rings. The van der Waals surface area contributed by atoms with Gasteiger partial charge in [0.25, 0.3) is 11.5 Å². The summed E-state index contributed by atoms with van der Waals surface area (Å²) in [6.45, 7) is -0.236. The highest BCUT2D eigenvalue weighted by Gasteiger charge is 2.08. The molecule has 0 bridgehead atoms. The first-order valence-corrected chi connectivity index (χ1v) is 5.62. The molecule has 0 spiro atoms. The Labute approximate surface area is 113 Å². The highest BCUT2D eigenvalue weighted by molar-refractivity contribution is 6.02. The lowest BCUT2D eigenvalue weighted by molar-refractivity contribution is 0.102. The van der Waals surface area contributed by atoms with Gasteiger partial charge < -0.3 is 10.4 Å². The summed E-state index contributed by atoms with van der Waals surface area (Å²) < 4.78 is 0. The lowest BCUT2D eigenvalue weighted by Gasteiger charge is -2.02. The molecule has 1 amide bonds. The molecule has 3 N–H and O–H groups in total. The van der Waals surface area contributed by atoms with E-state index in [4.69, 9.17) is 5.11 Å². The number of anilines is 1. The average Bonchev–Trinajstić information content (AvgIpc) is 2.48. The molecule has 7 nitrogen and oxygen atoms in total. The molecule has 2 heterocycles. The van der Waals surface area contributed by atoms with E-state index in [1.165, 1.54) is 24.4 Å². The van der Waals surface area contributed by atoms with Crippen molar-refractivity contribution in [3.63, 3.8) is 0 Å². The molecule has 2 aromatic heterocycles. The molecule has 0 aliphatic carbocycles. The van der Waals surface area contributed by atoms with E-state index in [-0.39, 0.29) is 23.7 Å². The van der Waals surface area contributed by atoms with E-state index in [0.717, 1.165) is 0 Å². The largest absolute Gasteiger partial charge is 0.384 e. The van der Waals surface area contributed by atoms with E-state index in [9.17, 15) is 9.59 Å². The lowest BCUT2D eigenvalue weighted by Crippen LogP contribution is -2.16. The first-order valence-electron chi connectivity index (χ1n) is 5.62. The van der Waals surface area contributed by atoms with E-state index in [0.29, 0.717) is 5.56 Å². The van der Waals surface area contributed by atoms with E-state index in [2.05, 4.69) is 32.3 Å². The Kier molecular flexibility index (Phi) is 4.21. The van der Waals surface area contributed by atoms with Crippen LogP contribution in [0.15, 0.2) is 35.3 Å². The molecule has 2 rings (SSSR count). The minimum absolute atomic E-state index is 0.188. The summed E-state index contributed by atoms with van der Waals surface area (Å²) in [5, 5.41) is 16.9. The van der Waals surface area contributed by atoms with Crippen LogP contribution < -0.4 is 10.9 Å². The van der Waals surface area contributed by atoms with Gasteiger partial charge in [-0.3, -0.25) is 9.59 Å². The van der Waals surface area contributed by atoms with Gasteiger partial charge >= 0.3 is 0 Å². The lowest BCUT2D eigenvalue weighted by atomic mass is 10.2. The Morgan fingerprint density at radius 2 is 2.20 bits per heavy atom. The van der Waals surface area contributed by atoms with Crippen LogP contribution in [-0.2, 0) is 0 Å². The second-order valence-corrected chi connectivity index (χ2v) is 3.65. The van der Waals surface area contributed by atoms with Crippen LogP contribution in [0.25, 0.3) is 0 Å². The number of amides is 1. The summed E-state index contributed by atoms with van der Waals surface area (Å²) in [5.74, 6) is 4.92. The zero-order valence-corrected chi connectivity index (χ0v) is 10.3. The molecule has 0 unspecified atom stereocenters. The second kappa shape index (κ2) is 6.26. The fraction of sp³-hybridized carbons (Fsp3) is 0.0769. The van der Waals surface area contributed by atoms with Crippen molar-refractivity contribution in [1.82, 2.24) is 15.2 Å². The van der Waals surface area contributed by atoms with Gasteiger partial charge in [0, 0.05) is 17.8 Å². The van der Waals surface area contributed by atoms with E-state index >= 15 is 0 Å². The summed E-state index contributed by atoms with van der Waals surface area (Å²) in [7, 11) is 0. The molecule has 0 fully saturated rings. The minimum Gasteiger partial charge on any atom is -0.384 e. The minimum atomic E-state index is -0.453. The smallest absolute Gasteiger partial charge is 0.275 e. The molecular formula is C13H10N4O3. The molecular weight excluding hydrogens is 260 g/mol. The molecule has 0 aromatic carbocycles. The van der Waals surface area contributed by atoms with Crippen molar-refractivity contribution < 1.29 is 9.90 Å². The van der Waals surface area contributed by atoms with Crippen LogP contribution in [0.5, 0.6) is 0 Å². The summed E-state index contributed by atoms with van der Waals surface area (Å²) in [6.07, 6.45) is 1.43. The molecule has 0 saturated carbocycles. The van der Waals surface area contributed by atoms with Crippen molar-refractivity contribution in [2.75, 3.05) is 11.9 Å². The van der Waals surface area contributed by atoms with E-state index in [1.54, 1.807) is 6.07 Å². The number of rotatable bonds is 2. The topological polar surface area (TPSA) is 108 Å². The molecule has 2 aromatic rings. The van der Waals surface area contributed by atoms with Crippen LogP contribution in [-0.4, -0.2) is 32.8 Å². The van der Waals surface area contributed by atoms with Gasteiger partial charge in [0.15, 0.2) is 5.82 Å². The number of hydrogen-bond donors (Lipinski definition) is 3. The third-order valence-electron chi connectivity index (χ3n) is 2.23. The van der Waals surface area contributed by atoms with Gasteiger partial charge in [0.05, 0.1) is 0 Å². The number of aliphatic hydroxyl groups is 1. The monoisotopic (exact) mass is 270 g/mol. The van der Waals surface area contributed by atoms with Crippen molar-refractivity contribution >= 4 is 11.7 Å². The average molecular weight is 270 g/mol. The molecule has 0 radical (unpaired) electrons. The molecule has 100 valence electrons. The van der Waals surface area contributed by atoms with Crippen LogP contribution in [0.3, 0.4) is 0 Å². The zero-order chi connectivity index (χ0) is 14.4. The van der Waals surface area contributed by atoms with Crippen LogP contribution in [0.4, 0.5) is 5.82 Å². The number of pyridine rings is 1. The van der Waals surface area contributed by atoms with Gasteiger partial charge in [-0.05, 0) is 18.2 Å². The molecule has 7 heteroatoms. The number of aliphatic hydroxyl groups excluding tert-OH is 1. The Morgan fingerprint density at radius 1 is 1.35 bits per heavy atom. The van der Waals surface area contributed by atoms with Gasteiger partial charge in [-0.25, -0.2) is 10.1 Å². The maximum Gasteiger partial charge on any atom is 0.275 e. The normalized spacial score (nSPS) is 9.45. The quantitative estimate of drug-likeness (QED) is 0.653. The number of nitrogens with one attached hydrogen (secondary N) is 2. The summed E-state index contributed by atoms with van der Waals surface area (Å²) >= 11 is 0. The fourth-order valence-electron chi connectivity index (χ4n) is 1.34. The van der Waals surface area contributed by atoms with Crippen LogP contribution in [0.1, 0.15) is 16.1 Å². The third-order valence-corrected chi connectivity index (χ3v) is 2.23. The molecule has 20 heavy (non-hydrogen) atoms. The first-order chi connectivity index (χ1) is 9.69. The van der Waals surface area contributed by atoms with Crippen molar-refractivity contribution in [2.24, 2.45) is 0 Å². The Balaban J connectivity index is 2.09. The number of nitrogens with zero attached hydrogens (tertiary/aromatic N) is 2. The Hall–Kier alpha value is -2.98. The van der Waals surface area contributed by atoms with Crippen molar-refractivity contribution in [3.05, 3.63) is 52.1 Å². The van der Waals surface area contributed by atoms with Crippen molar-refractivity contribution in [1.29, 1.82) is 0 Å². The van der Waals surface area contributed by atoms with Crippen LogP contribution in [0, 0.1) is 11.8 Å². The highest BCUT2D eigenvalue weighted by Crippen LogP contribution is 2.03. The number of aromatic amines is 1. The molecule has 0 atom stereocenters. The standard InChI is InChI=1S/C13H10N4O3/c18-7-1-2-9-3-4-10(14-8-9)13(20)15-11-5-6-12(19)17-16-11/h3-6,8,18H,7H2,(H,17,19)(H,15,16,20). The van der Waals surface area contributed by atoms with E-state index in [1.807, 2.05) is 0 Å². The highest BCUT2D eigenvalue weighted by atomic mass is 16.2. The van der Waals surface area contributed by atoms with Crippen molar-refractivity contribution in [3.8, 4) is 11.8 Å². The molecule has 0 aliphatic heterocycles. The number of H-pyrrole nitrogens is 1. The maximum atomic E-state index is 11.8. The van der Waals surface area contributed by atoms with Crippen molar-refractivity contribution in [2.45, 2.75) is 0 Å². The summed E-state index contributed by atoms with van der Waals surface area (Å²) in [5.41, 5.74) is 0.429. The second-order valence-electron chi connectivity index (χ2n) is 3.65. The van der Waals surface area contributed by atoms with Gasteiger partial charge in [-0.2, -0.15) is 5.10 Å². The van der Waals surface area contributed by atoms with Gasteiger partial charge in [0.1, 0.15) is 12.3 Å². The number of carbonyl (C=O) groups excluding carboxylic acids is 1. The number of hydrogen-bond acceptors (Lipinski definition) is 5. The SMILES string of the molecule is O=C(Nc1ccc(=O)[nH]n1)c1ccc(C#CCO)cn1. The van der Waals surface area contributed by atoms with Crippen LogP contribution in [0.2, 0.25) is 0 Å². The summed E-state index contributed by atoms with van der Waals surface area (Å²) in [6, 6.07) is 5.76. The van der Waals surface area contributed by atoms with Gasteiger partial charge in [-0.15, -0.1) is 0 Å². The first kappa shape index (κ1) is 13.5.